The molecule has 1 aliphatic rings. The van der Waals surface area contributed by atoms with Gasteiger partial charge in [-0.25, -0.2) is 9.78 Å². The summed E-state index contributed by atoms with van der Waals surface area (Å²) in [5.41, 5.74) is 1.04. The van der Waals surface area contributed by atoms with Gasteiger partial charge in [0.05, 0.1) is 6.61 Å². The van der Waals surface area contributed by atoms with E-state index in [9.17, 15) is 9.90 Å². The van der Waals surface area contributed by atoms with Crippen LogP contribution in [0, 0.1) is 5.41 Å². The van der Waals surface area contributed by atoms with E-state index in [1.54, 1.807) is 6.07 Å². The number of aromatic nitrogens is 1. The van der Waals surface area contributed by atoms with E-state index in [2.05, 4.69) is 22.0 Å². The number of piperidine rings is 1. The van der Waals surface area contributed by atoms with E-state index in [1.165, 1.54) is 11.6 Å². The molecule has 0 amide bonds. The molecule has 5 heteroatoms. The van der Waals surface area contributed by atoms with E-state index >= 15 is 0 Å². The molecule has 3 rings (SSSR count). The summed E-state index contributed by atoms with van der Waals surface area (Å²) in [7, 11) is 0. The molecule has 1 atom stereocenters. The summed E-state index contributed by atoms with van der Waals surface area (Å²) in [4.78, 5) is 17.5. The summed E-state index contributed by atoms with van der Waals surface area (Å²) in [6.07, 6.45) is 2.71. The van der Waals surface area contributed by atoms with E-state index < -0.39 is 5.97 Å². The lowest BCUT2D eigenvalue weighted by Crippen LogP contribution is -2.47. The molecule has 0 aliphatic carbocycles. The molecule has 2 N–H and O–H groups in total. The fraction of sp³-hybridized carbons (Fsp3) is 0.368. The minimum atomic E-state index is -1.02. The smallest absolute Gasteiger partial charge is 0.354 e. The van der Waals surface area contributed by atoms with Crippen LogP contribution in [0.1, 0.15) is 28.9 Å². The molecule has 24 heavy (non-hydrogen) atoms. The van der Waals surface area contributed by atoms with Crippen molar-refractivity contribution in [2.24, 2.45) is 5.41 Å². The molecular weight excluding hydrogens is 304 g/mol. The Bertz CT molecular complexity index is 705. The molecule has 0 bridgehead atoms. The fourth-order valence-corrected chi connectivity index (χ4v) is 3.48. The largest absolute Gasteiger partial charge is 0.477 e. The Hall–Kier alpha value is -2.40. The molecule has 1 aromatic heterocycles. The molecule has 1 aromatic carbocycles. The predicted molar refractivity (Wildman–Crippen MR) is 92.3 cm³/mol. The van der Waals surface area contributed by atoms with Gasteiger partial charge in [0.15, 0.2) is 5.69 Å². The van der Waals surface area contributed by atoms with Crippen molar-refractivity contribution in [1.29, 1.82) is 0 Å². The number of anilines is 1. The van der Waals surface area contributed by atoms with Crippen LogP contribution in [0.15, 0.2) is 48.5 Å². The van der Waals surface area contributed by atoms with Crippen LogP contribution in [0.4, 0.5) is 5.82 Å². The zero-order chi connectivity index (χ0) is 17.0. The second-order valence-corrected chi connectivity index (χ2v) is 6.53. The third-order valence-electron chi connectivity index (χ3n) is 4.70. The van der Waals surface area contributed by atoms with E-state index in [-0.39, 0.29) is 17.7 Å². The van der Waals surface area contributed by atoms with Gasteiger partial charge < -0.3 is 15.1 Å². The van der Waals surface area contributed by atoms with Crippen molar-refractivity contribution in [2.75, 3.05) is 24.6 Å². The average molecular weight is 326 g/mol. The Kier molecular flexibility index (Phi) is 4.81. The number of nitrogens with zero attached hydrogens (tertiary/aromatic N) is 2. The summed E-state index contributed by atoms with van der Waals surface area (Å²) >= 11 is 0. The van der Waals surface area contributed by atoms with Crippen molar-refractivity contribution in [1.82, 2.24) is 4.98 Å². The Morgan fingerprint density at radius 3 is 2.67 bits per heavy atom. The van der Waals surface area contributed by atoms with Gasteiger partial charge in [0, 0.05) is 18.5 Å². The van der Waals surface area contributed by atoms with E-state index in [0.717, 1.165) is 25.8 Å². The Morgan fingerprint density at radius 1 is 1.17 bits per heavy atom. The third kappa shape index (κ3) is 3.57. The van der Waals surface area contributed by atoms with Gasteiger partial charge in [0.2, 0.25) is 0 Å². The number of rotatable bonds is 5. The van der Waals surface area contributed by atoms with E-state index in [0.29, 0.717) is 12.4 Å². The number of pyridine rings is 1. The number of aliphatic hydroxyl groups is 1. The maximum atomic E-state index is 11.1. The van der Waals surface area contributed by atoms with Crippen LogP contribution in [0.3, 0.4) is 0 Å². The molecule has 5 nitrogen and oxygen atoms in total. The van der Waals surface area contributed by atoms with Gasteiger partial charge in [-0.05, 0) is 37.0 Å². The molecule has 2 heterocycles. The SMILES string of the molecule is O=C(O)c1cccc(N2CCCC(CO)(Cc3ccccc3)C2)n1. The van der Waals surface area contributed by atoms with Gasteiger partial charge in [-0.1, -0.05) is 36.4 Å². The zero-order valence-corrected chi connectivity index (χ0v) is 13.6. The van der Waals surface area contributed by atoms with Crippen molar-refractivity contribution >= 4 is 11.8 Å². The van der Waals surface area contributed by atoms with Crippen LogP contribution < -0.4 is 4.90 Å². The van der Waals surface area contributed by atoms with Gasteiger partial charge in [-0.2, -0.15) is 0 Å². The summed E-state index contributed by atoms with van der Waals surface area (Å²) in [5, 5.41) is 19.2. The van der Waals surface area contributed by atoms with Gasteiger partial charge in [0.25, 0.3) is 0 Å². The quantitative estimate of drug-likeness (QED) is 0.883. The van der Waals surface area contributed by atoms with Gasteiger partial charge >= 0.3 is 5.97 Å². The Balaban J connectivity index is 1.82. The van der Waals surface area contributed by atoms with Crippen molar-refractivity contribution in [3.05, 3.63) is 59.8 Å². The number of hydrogen-bond acceptors (Lipinski definition) is 4. The lowest BCUT2D eigenvalue weighted by Gasteiger charge is -2.42. The third-order valence-corrected chi connectivity index (χ3v) is 4.70. The van der Waals surface area contributed by atoms with Crippen LogP contribution in [-0.4, -0.2) is 40.9 Å². The predicted octanol–water partition coefficient (Wildman–Crippen LogP) is 2.60. The van der Waals surface area contributed by atoms with Crippen LogP contribution in [0.5, 0.6) is 0 Å². The number of carboxylic acids is 1. The molecule has 1 saturated heterocycles. The summed E-state index contributed by atoms with van der Waals surface area (Å²) in [6.45, 7) is 1.61. The first-order valence-electron chi connectivity index (χ1n) is 8.22. The molecule has 0 spiro atoms. The van der Waals surface area contributed by atoms with Crippen molar-refractivity contribution in [3.8, 4) is 0 Å². The topological polar surface area (TPSA) is 73.7 Å². The van der Waals surface area contributed by atoms with Gasteiger partial charge in [0.1, 0.15) is 5.82 Å². The molecule has 1 unspecified atom stereocenters. The highest BCUT2D eigenvalue weighted by molar-refractivity contribution is 5.85. The molecule has 0 radical (unpaired) electrons. The number of carboxylic acid groups (broad SMARTS) is 1. The zero-order valence-electron chi connectivity index (χ0n) is 13.6. The van der Waals surface area contributed by atoms with E-state index in [4.69, 9.17) is 5.11 Å². The Labute approximate surface area is 141 Å². The van der Waals surface area contributed by atoms with Crippen LogP contribution in [0.25, 0.3) is 0 Å². The van der Waals surface area contributed by atoms with Crippen LogP contribution >= 0.6 is 0 Å². The van der Waals surface area contributed by atoms with E-state index in [1.807, 2.05) is 24.3 Å². The number of aliphatic hydroxyl groups excluding tert-OH is 1. The molecular formula is C19H22N2O3. The minimum absolute atomic E-state index is 0.0516. The van der Waals surface area contributed by atoms with Crippen molar-refractivity contribution in [3.63, 3.8) is 0 Å². The average Bonchev–Trinajstić information content (AvgIpc) is 2.63. The molecule has 1 fully saturated rings. The normalized spacial score (nSPS) is 20.8. The second kappa shape index (κ2) is 7.01. The number of carbonyl (C=O) groups is 1. The summed E-state index contributed by atoms with van der Waals surface area (Å²) in [5.74, 6) is -0.355. The molecule has 1 aliphatic heterocycles. The minimum Gasteiger partial charge on any atom is -0.477 e. The maximum Gasteiger partial charge on any atom is 0.354 e. The van der Waals surface area contributed by atoms with Gasteiger partial charge in [-0.15, -0.1) is 0 Å². The highest BCUT2D eigenvalue weighted by Crippen LogP contribution is 2.35. The highest BCUT2D eigenvalue weighted by atomic mass is 16.4. The number of aromatic carboxylic acids is 1. The molecule has 2 aromatic rings. The van der Waals surface area contributed by atoms with Crippen LogP contribution in [0.2, 0.25) is 0 Å². The molecule has 126 valence electrons. The fourth-order valence-electron chi connectivity index (χ4n) is 3.48. The highest BCUT2D eigenvalue weighted by Gasteiger charge is 2.35. The van der Waals surface area contributed by atoms with Crippen molar-refractivity contribution in [2.45, 2.75) is 19.3 Å². The lowest BCUT2D eigenvalue weighted by atomic mass is 9.75. The molecule has 0 saturated carbocycles. The monoisotopic (exact) mass is 326 g/mol. The van der Waals surface area contributed by atoms with Crippen LogP contribution in [-0.2, 0) is 6.42 Å². The first kappa shape index (κ1) is 16.5. The second-order valence-electron chi connectivity index (χ2n) is 6.53. The summed E-state index contributed by atoms with van der Waals surface area (Å²) in [6, 6.07) is 15.2. The first-order valence-corrected chi connectivity index (χ1v) is 8.22. The summed E-state index contributed by atoms with van der Waals surface area (Å²) < 4.78 is 0. The number of hydrogen-bond donors (Lipinski definition) is 2. The lowest BCUT2D eigenvalue weighted by molar-refractivity contribution is 0.0690. The van der Waals surface area contributed by atoms with Crippen molar-refractivity contribution < 1.29 is 15.0 Å². The standard InChI is InChI=1S/C19H22N2O3/c22-14-19(12-15-6-2-1-3-7-15)10-5-11-21(13-19)17-9-4-8-16(20-17)18(23)24/h1-4,6-9,22H,5,10-14H2,(H,23,24). The number of benzene rings is 1. The first-order chi connectivity index (χ1) is 11.6. The Morgan fingerprint density at radius 2 is 1.96 bits per heavy atom. The van der Waals surface area contributed by atoms with Gasteiger partial charge in [-0.3, -0.25) is 0 Å². The maximum absolute atomic E-state index is 11.1.